The van der Waals surface area contributed by atoms with Crippen LogP contribution in [-0.4, -0.2) is 23.5 Å². The van der Waals surface area contributed by atoms with Crippen molar-refractivity contribution in [3.63, 3.8) is 0 Å². The first kappa shape index (κ1) is 11.1. The highest BCUT2D eigenvalue weighted by Gasteiger charge is 2.12. The molecule has 0 aromatic heterocycles. The number of halogens is 1. The molecule has 0 unspecified atom stereocenters. The van der Waals surface area contributed by atoms with Gasteiger partial charge in [-0.1, -0.05) is 12.2 Å². The minimum atomic E-state index is -0.254. The minimum Gasteiger partial charge on any atom is -0.465 e. The van der Waals surface area contributed by atoms with E-state index in [1.165, 1.54) is 6.92 Å². The summed E-state index contributed by atoms with van der Waals surface area (Å²) in [6, 6.07) is 0. The Kier molecular flexibility index (Phi) is 4.01. The van der Waals surface area contributed by atoms with Crippen molar-refractivity contribution < 1.29 is 9.53 Å². The third kappa shape index (κ3) is 3.07. The first-order valence-electron chi connectivity index (χ1n) is 4.54. The summed E-state index contributed by atoms with van der Waals surface area (Å²) in [6.45, 7) is 4.49. The number of ether oxygens (including phenoxy) is 1. The van der Waals surface area contributed by atoms with E-state index in [0.29, 0.717) is 19.6 Å². The molecule has 1 heterocycles. The lowest BCUT2D eigenvalue weighted by Crippen LogP contribution is -2.18. The van der Waals surface area contributed by atoms with E-state index in [2.05, 4.69) is 0 Å². The maximum atomic E-state index is 10.5. The second-order valence-corrected chi connectivity index (χ2v) is 3.57. The van der Waals surface area contributed by atoms with Crippen LogP contribution >= 0.6 is 11.8 Å². The fourth-order valence-corrected chi connectivity index (χ4v) is 1.63. The third-order valence-corrected chi connectivity index (χ3v) is 2.37. The molecule has 0 saturated carbocycles. The van der Waals surface area contributed by atoms with Crippen molar-refractivity contribution in [1.29, 1.82) is 0 Å². The highest BCUT2D eigenvalue weighted by atomic mass is 35.5. The molecule has 1 aliphatic heterocycles. The van der Waals surface area contributed by atoms with Gasteiger partial charge in [0.1, 0.15) is 0 Å². The molecule has 0 fully saturated rings. The average molecular weight is 216 g/mol. The quantitative estimate of drug-likeness (QED) is 0.534. The van der Waals surface area contributed by atoms with Gasteiger partial charge in [0.15, 0.2) is 0 Å². The second-order valence-electron chi connectivity index (χ2n) is 3.17. The molecule has 0 saturated heterocycles. The van der Waals surface area contributed by atoms with Crippen molar-refractivity contribution >= 4 is 17.7 Å². The van der Waals surface area contributed by atoms with Gasteiger partial charge < -0.3 is 4.74 Å². The molecule has 0 spiro atoms. The molecule has 1 aliphatic rings. The number of allylic oxidation sites excluding steroid dienone is 2. The highest BCUT2D eigenvalue weighted by Crippen LogP contribution is 2.21. The average Bonchev–Trinajstić information content (AvgIpc) is 2.09. The van der Waals surface area contributed by atoms with Gasteiger partial charge in [0.2, 0.25) is 0 Å². The summed E-state index contributed by atoms with van der Waals surface area (Å²) in [7, 11) is 0. The number of rotatable bonds is 3. The minimum absolute atomic E-state index is 0.254. The molecule has 0 radical (unpaired) electrons. The Hall–Kier alpha value is -0.960. The van der Waals surface area contributed by atoms with Crippen LogP contribution in [0, 0.1) is 0 Å². The van der Waals surface area contributed by atoms with Gasteiger partial charge in [0, 0.05) is 30.8 Å². The SMILES string of the molecule is CC(=O)OCCC1=C(C)C=CCN1Cl. The third-order valence-electron chi connectivity index (χ3n) is 2.03. The normalized spacial score (nSPS) is 16.1. The van der Waals surface area contributed by atoms with Crippen molar-refractivity contribution in [3.8, 4) is 0 Å². The van der Waals surface area contributed by atoms with Gasteiger partial charge in [-0.2, -0.15) is 0 Å². The maximum Gasteiger partial charge on any atom is 0.302 e. The zero-order chi connectivity index (χ0) is 10.6. The Labute approximate surface area is 89.1 Å². The monoisotopic (exact) mass is 215 g/mol. The standard InChI is InChI=1S/C10H14ClNO2/c1-8-4-3-6-12(11)10(8)5-7-14-9(2)13/h3-4H,5-7H2,1-2H3. The lowest BCUT2D eigenvalue weighted by molar-refractivity contribution is -0.140. The maximum absolute atomic E-state index is 10.5. The Morgan fingerprint density at radius 2 is 2.43 bits per heavy atom. The number of carbonyl (C=O) groups excluding carboxylic acids is 1. The molecule has 0 aromatic carbocycles. The first-order chi connectivity index (χ1) is 6.61. The van der Waals surface area contributed by atoms with Gasteiger partial charge in [0.25, 0.3) is 0 Å². The van der Waals surface area contributed by atoms with E-state index in [0.717, 1.165) is 11.3 Å². The van der Waals surface area contributed by atoms with Crippen LogP contribution < -0.4 is 0 Å². The molecule has 0 atom stereocenters. The Balaban J connectivity index is 2.49. The fourth-order valence-electron chi connectivity index (χ4n) is 1.33. The van der Waals surface area contributed by atoms with Crippen LogP contribution in [-0.2, 0) is 9.53 Å². The van der Waals surface area contributed by atoms with Gasteiger partial charge in [-0.3, -0.25) is 9.21 Å². The summed E-state index contributed by atoms with van der Waals surface area (Å²) in [5, 5.41) is 0. The molecule has 0 aliphatic carbocycles. The lowest BCUT2D eigenvalue weighted by Gasteiger charge is -2.22. The van der Waals surface area contributed by atoms with Gasteiger partial charge in [-0.05, 0) is 12.5 Å². The largest absolute Gasteiger partial charge is 0.465 e. The number of nitrogens with zero attached hydrogens (tertiary/aromatic N) is 1. The predicted molar refractivity (Wildman–Crippen MR) is 55.6 cm³/mol. The molecule has 3 nitrogen and oxygen atoms in total. The zero-order valence-electron chi connectivity index (χ0n) is 8.42. The molecular formula is C10H14ClNO2. The Morgan fingerprint density at radius 3 is 3.00 bits per heavy atom. The summed E-state index contributed by atoms with van der Waals surface area (Å²) < 4.78 is 6.51. The molecule has 14 heavy (non-hydrogen) atoms. The molecule has 0 N–H and O–H groups in total. The van der Waals surface area contributed by atoms with Crippen LogP contribution in [0.4, 0.5) is 0 Å². The number of esters is 1. The van der Waals surface area contributed by atoms with Crippen LogP contribution in [0.3, 0.4) is 0 Å². The molecular weight excluding hydrogens is 202 g/mol. The molecule has 0 aromatic rings. The number of hydrogen-bond acceptors (Lipinski definition) is 3. The van der Waals surface area contributed by atoms with Gasteiger partial charge in [-0.15, -0.1) is 0 Å². The van der Waals surface area contributed by atoms with E-state index >= 15 is 0 Å². The van der Waals surface area contributed by atoms with Gasteiger partial charge in [-0.25, -0.2) is 0 Å². The van der Waals surface area contributed by atoms with Crippen LogP contribution in [0.2, 0.25) is 0 Å². The lowest BCUT2D eigenvalue weighted by atomic mass is 10.1. The van der Waals surface area contributed by atoms with E-state index in [1.807, 2.05) is 19.1 Å². The zero-order valence-corrected chi connectivity index (χ0v) is 9.17. The van der Waals surface area contributed by atoms with Crippen molar-refractivity contribution in [1.82, 2.24) is 4.42 Å². The van der Waals surface area contributed by atoms with Crippen molar-refractivity contribution in [3.05, 3.63) is 23.4 Å². The Bertz CT molecular complexity index is 284. The van der Waals surface area contributed by atoms with Crippen LogP contribution in [0.25, 0.3) is 0 Å². The van der Waals surface area contributed by atoms with Crippen molar-refractivity contribution in [2.75, 3.05) is 13.2 Å². The molecule has 4 heteroatoms. The van der Waals surface area contributed by atoms with Gasteiger partial charge in [0.05, 0.1) is 13.2 Å². The predicted octanol–water partition coefficient (Wildman–Crippen LogP) is 2.24. The smallest absolute Gasteiger partial charge is 0.302 e. The van der Waals surface area contributed by atoms with Crippen LogP contribution in [0.15, 0.2) is 23.4 Å². The second kappa shape index (κ2) is 5.05. The van der Waals surface area contributed by atoms with E-state index in [4.69, 9.17) is 16.5 Å². The fraction of sp³-hybridized carbons (Fsp3) is 0.500. The van der Waals surface area contributed by atoms with E-state index in [-0.39, 0.29) is 5.97 Å². The molecule has 0 bridgehead atoms. The summed E-state index contributed by atoms with van der Waals surface area (Å²) in [4.78, 5) is 10.5. The topological polar surface area (TPSA) is 29.5 Å². The number of hydrogen-bond donors (Lipinski definition) is 0. The molecule has 78 valence electrons. The highest BCUT2D eigenvalue weighted by molar-refractivity contribution is 6.14. The van der Waals surface area contributed by atoms with E-state index in [9.17, 15) is 4.79 Å². The summed E-state index contributed by atoms with van der Waals surface area (Å²) >= 11 is 5.98. The van der Waals surface area contributed by atoms with Gasteiger partial charge >= 0.3 is 5.97 Å². The number of carbonyl (C=O) groups is 1. The summed E-state index contributed by atoms with van der Waals surface area (Å²) in [6.07, 6.45) is 4.69. The van der Waals surface area contributed by atoms with Crippen molar-refractivity contribution in [2.45, 2.75) is 20.3 Å². The van der Waals surface area contributed by atoms with E-state index in [1.54, 1.807) is 4.42 Å². The first-order valence-corrected chi connectivity index (χ1v) is 4.88. The summed E-state index contributed by atoms with van der Waals surface area (Å²) in [5.74, 6) is -0.254. The summed E-state index contributed by atoms with van der Waals surface area (Å²) in [5.41, 5.74) is 2.15. The molecule has 0 amide bonds. The Morgan fingerprint density at radius 1 is 1.71 bits per heavy atom. The van der Waals surface area contributed by atoms with Crippen LogP contribution in [0.1, 0.15) is 20.3 Å². The van der Waals surface area contributed by atoms with Crippen LogP contribution in [0.5, 0.6) is 0 Å². The van der Waals surface area contributed by atoms with E-state index < -0.39 is 0 Å². The molecule has 1 rings (SSSR count). The van der Waals surface area contributed by atoms with Crippen molar-refractivity contribution in [2.24, 2.45) is 0 Å².